The Morgan fingerprint density at radius 2 is 2.06 bits per heavy atom. The fourth-order valence-electron chi connectivity index (χ4n) is 1.45. The van der Waals surface area contributed by atoms with Crippen LogP contribution in [0.15, 0.2) is 24.3 Å². The third-order valence-electron chi connectivity index (χ3n) is 2.22. The standard InChI is InChI=1S/C11H10F4O2S/c12-8-3-1-2-7(6-8)9(10(16)17)4-5-18-11(13,14)15/h1-3,6,9H,4-5H2,(H,16,17). The number of alkyl halides is 3. The Hall–Kier alpha value is -1.24. The van der Waals surface area contributed by atoms with Crippen LogP contribution < -0.4 is 0 Å². The third kappa shape index (κ3) is 4.95. The number of hydrogen-bond donors (Lipinski definition) is 1. The van der Waals surface area contributed by atoms with Gasteiger partial charge < -0.3 is 5.11 Å². The SMILES string of the molecule is O=C(O)C(CCSC(F)(F)F)c1cccc(F)c1. The lowest BCUT2D eigenvalue weighted by Crippen LogP contribution is -2.14. The van der Waals surface area contributed by atoms with Crippen molar-refractivity contribution in [1.82, 2.24) is 0 Å². The van der Waals surface area contributed by atoms with E-state index in [1.807, 2.05) is 0 Å². The van der Waals surface area contributed by atoms with Crippen LogP contribution in [0.5, 0.6) is 0 Å². The summed E-state index contributed by atoms with van der Waals surface area (Å²) in [5.41, 5.74) is -4.21. The van der Waals surface area contributed by atoms with Crippen LogP contribution in [0, 0.1) is 5.82 Å². The molecule has 18 heavy (non-hydrogen) atoms. The molecule has 1 rings (SSSR count). The highest BCUT2D eigenvalue weighted by atomic mass is 32.2. The molecule has 0 aliphatic heterocycles. The smallest absolute Gasteiger partial charge is 0.441 e. The second-order valence-corrected chi connectivity index (χ2v) is 4.69. The van der Waals surface area contributed by atoms with Crippen molar-refractivity contribution in [2.45, 2.75) is 17.8 Å². The predicted molar refractivity (Wildman–Crippen MR) is 59.9 cm³/mol. The summed E-state index contributed by atoms with van der Waals surface area (Å²) in [5.74, 6) is -3.38. The van der Waals surface area contributed by atoms with Crippen LogP contribution in [-0.4, -0.2) is 22.3 Å². The van der Waals surface area contributed by atoms with Crippen LogP contribution in [0.2, 0.25) is 0 Å². The molecule has 0 fully saturated rings. The van der Waals surface area contributed by atoms with Gasteiger partial charge in [-0.05, 0) is 24.1 Å². The van der Waals surface area contributed by atoms with Crippen molar-refractivity contribution in [3.05, 3.63) is 35.6 Å². The molecule has 1 aromatic rings. The molecule has 0 aliphatic rings. The van der Waals surface area contributed by atoms with Gasteiger partial charge in [-0.15, -0.1) is 0 Å². The van der Waals surface area contributed by atoms with Crippen molar-refractivity contribution in [2.24, 2.45) is 0 Å². The molecule has 0 saturated heterocycles. The maximum absolute atomic E-state index is 12.9. The summed E-state index contributed by atoms with van der Waals surface area (Å²) in [7, 11) is 0. The third-order valence-corrected chi connectivity index (χ3v) is 2.99. The highest BCUT2D eigenvalue weighted by molar-refractivity contribution is 8.00. The number of carboxylic acids is 1. The van der Waals surface area contributed by atoms with E-state index < -0.39 is 23.2 Å². The fraction of sp³-hybridized carbons (Fsp3) is 0.364. The summed E-state index contributed by atoms with van der Waals surface area (Å²) in [6, 6.07) is 4.89. The lowest BCUT2D eigenvalue weighted by molar-refractivity contribution is -0.138. The first kappa shape index (κ1) is 14.8. The Morgan fingerprint density at radius 3 is 2.56 bits per heavy atom. The van der Waals surface area contributed by atoms with Gasteiger partial charge in [-0.3, -0.25) is 4.79 Å². The Balaban J connectivity index is 2.69. The molecular formula is C11H10F4O2S. The zero-order valence-electron chi connectivity index (χ0n) is 9.08. The lowest BCUT2D eigenvalue weighted by Gasteiger charge is -2.13. The minimum atomic E-state index is -4.38. The predicted octanol–water partition coefficient (Wildman–Crippen LogP) is 3.64. The van der Waals surface area contributed by atoms with Gasteiger partial charge in [0, 0.05) is 5.75 Å². The molecule has 0 radical (unpaired) electrons. The van der Waals surface area contributed by atoms with Gasteiger partial charge in [0.15, 0.2) is 0 Å². The molecule has 0 aliphatic carbocycles. The molecule has 1 N–H and O–H groups in total. The first-order valence-electron chi connectivity index (χ1n) is 4.98. The van der Waals surface area contributed by atoms with Crippen molar-refractivity contribution in [2.75, 3.05) is 5.75 Å². The molecule has 0 heterocycles. The molecule has 1 unspecified atom stereocenters. The van der Waals surface area contributed by atoms with E-state index in [-0.39, 0.29) is 29.5 Å². The van der Waals surface area contributed by atoms with Crippen LogP contribution in [0.4, 0.5) is 17.6 Å². The van der Waals surface area contributed by atoms with Gasteiger partial charge in [0.2, 0.25) is 0 Å². The summed E-state index contributed by atoms with van der Waals surface area (Å²) in [4.78, 5) is 11.0. The Bertz CT molecular complexity index is 420. The summed E-state index contributed by atoms with van der Waals surface area (Å²) in [6.07, 6.45) is -0.205. The minimum Gasteiger partial charge on any atom is -0.481 e. The normalized spacial score (nSPS) is 13.3. The number of halogens is 4. The Kier molecular flexibility index (Phi) is 5.01. The second-order valence-electron chi connectivity index (χ2n) is 3.53. The van der Waals surface area contributed by atoms with Gasteiger partial charge in [0.25, 0.3) is 0 Å². The van der Waals surface area contributed by atoms with Crippen molar-refractivity contribution in [3.63, 3.8) is 0 Å². The number of benzene rings is 1. The summed E-state index contributed by atoms with van der Waals surface area (Å²) in [6.45, 7) is 0. The van der Waals surface area contributed by atoms with Gasteiger partial charge in [0.05, 0.1) is 5.92 Å². The van der Waals surface area contributed by atoms with Gasteiger partial charge in [-0.2, -0.15) is 13.2 Å². The average molecular weight is 282 g/mol. The lowest BCUT2D eigenvalue weighted by atomic mass is 9.97. The quantitative estimate of drug-likeness (QED) is 0.838. The van der Waals surface area contributed by atoms with E-state index in [1.165, 1.54) is 12.1 Å². The minimum absolute atomic E-state index is 0.172. The molecule has 0 bridgehead atoms. The van der Waals surface area contributed by atoms with Crippen molar-refractivity contribution in [3.8, 4) is 0 Å². The van der Waals surface area contributed by atoms with E-state index in [2.05, 4.69) is 0 Å². The van der Waals surface area contributed by atoms with E-state index in [0.717, 1.165) is 12.1 Å². The number of carboxylic acid groups (broad SMARTS) is 1. The molecule has 0 amide bonds. The van der Waals surface area contributed by atoms with Crippen molar-refractivity contribution < 1.29 is 27.5 Å². The molecule has 100 valence electrons. The number of thioether (sulfide) groups is 1. The number of rotatable bonds is 5. The number of aliphatic carboxylic acids is 1. The zero-order valence-corrected chi connectivity index (χ0v) is 9.89. The van der Waals surface area contributed by atoms with Crippen LogP contribution in [0.3, 0.4) is 0 Å². The summed E-state index contributed by atoms with van der Waals surface area (Å²) < 4.78 is 48.7. The maximum atomic E-state index is 12.9. The molecule has 0 saturated carbocycles. The molecule has 1 aromatic carbocycles. The van der Waals surface area contributed by atoms with E-state index in [4.69, 9.17) is 5.11 Å². The van der Waals surface area contributed by atoms with Gasteiger partial charge in [0.1, 0.15) is 5.82 Å². The van der Waals surface area contributed by atoms with Crippen molar-refractivity contribution >= 4 is 17.7 Å². The number of hydrogen-bond acceptors (Lipinski definition) is 2. The first-order chi connectivity index (χ1) is 8.29. The molecule has 2 nitrogen and oxygen atoms in total. The molecule has 0 aromatic heterocycles. The largest absolute Gasteiger partial charge is 0.481 e. The van der Waals surface area contributed by atoms with E-state index in [1.54, 1.807) is 0 Å². The van der Waals surface area contributed by atoms with Crippen LogP contribution in [-0.2, 0) is 4.79 Å². The molecule has 0 spiro atoms. The maximum Gasteiger partial charge on any atom is 0.441 e. The Morgan fingerprint density at radius 1 is 1.39 bits per heavy atom. The summed E-state index contributed by atoms with van der Waals surface area (Å²) in [5, 5.41) is 8.93. The van der Waals surface area contributed by atoms with Gasteiger partial charge >= 0.3 is 11.5 Å². The van der Waals surface area contributed by atoms with E-state index in [0.29, 0.717) is 0 Å². The molecular weight excluding hydrogens is 272 g/mol. The van der Waals surface area contributed by atoms with E-state index >= 15 is 0 Å². The topological polar surface area (TPSA) is 37.3 Å². The van der Waals surface area contributed by atoms with Crippen LogP contribution in [0.1, 0.15) is 17.9 Å². The van der Waals surface area contributed by atoms with Gasteiger partial charge in [-0.25, -0.2) is 4.39 Å². The second kappa shape index (κ2) is 6.08. The van der Waals surface area contributed by atoms with Crippen molar-refractivity contribution in [1.29, 1.82) is 0 Å². The fourth-order valence-corrected chi connectivity index (χ4v) is 2.03. The highest BCUT2D eigenvalue weighted by Crippen LogP contribution is 2.33. The zero-order chi connectivity index (χ0) is 13.8. The first-order valence-corrected chi connectivity index (χ1v) is 5.97. The molecule has 1 atom stereocenters. The average Bonchev–Trinajstić information content (AvgIpc) is 2.22. The monoisotopic (exact) mass is 282 g/mol. The Labute approximate surface area is 105 Å². The van der Waals surface area contributed by atoms with Crippen LogP contribution in [0.25, 0.3) is 0 Å². The number of carbonyl (C=O) groups is 1. The van der Waals surface area contributed by atoms with Crippen LogP contribution >= 0.6 is 11.8 Å². The molecule has 7 heteroatoms. The van der Waals surface area contributed by atoms with Gasteiger partial charge in [-0.1, -0.05) is 23.9 Å². The van der Waals surface area contributed by atoms with E-state index in [9.17, 15) is 22.4 Å². The highest BCUT2D eigenvalue weighted by Gasteiger charge is 2.29. The summed E-state index contributed by atoms with van der Waals surface area (Å²) >= 11 is -0.279.